The summed E-state index contributed by atoms with van der Waals surface area (Å²) < 4.78 is 8.77. The summed E-state index contributed by atoms with van der Waals surface area (Å²) >= 11 is 0. The standard InChI is InChI=1S/C42H25NO/c1-3-9-30-24-38-35(21-28(30)7-1)36-22-29-8-2-4-10-31(29)25-39(36)43(38)33-18-15-26(16-19-33)32-17-20-40-37(23-32)34-13-5-11-27-12-6-14-41(44-40)42(27)34/h1-25H. The molecule has 0 radical (unpaired) electrons. The molecule has 0 fully saturated rings. The van der Waals surface area contributed by atoms with Crippen molar-refractivity contribution in [1.82, 2.24) is 4.57 Å². The Hall–Kier alpha value is -5.86. The fraction of sp³-hybridized carbons (Fsp3) is 0. The maximum atomic E-state index is 6.35. The van der Waals surface area contributed by atoms with Crippen LogP contribution in [0.2, 0.25) is 0 Å². The van der Waals surface area contributed by atoms with E-state index in [0.29, 0.717) is 0 Å². The van der Waals surface area contributed by atoms with Crippen LogP contribution in [0.3, 0.4) is 0 Å². The second-order valence-corrected chi connectivity index (χ2v) is 11.8. The third kappa shape index (κ3) is 3.37. The number of ether oxygens (including phenoxy) is 1. The van der Waals surface area contributed by atoms with Gasteiger partial charge < -0.3 is 9.30 Å². The monoisotopic (exact) mass is 559 g/mol. The van der Waals surface area contributed by atoms with Crippen molar-refractivity contribution in [3.8, 4) is 39.4 Å². The quantitative estimate of drug-likeness (QED) is 0.205. The summed E-state index contributed by atoms with van der Waals surface area (Å²) in [6, 6.07) is 55.0. The molecule has 1 aliphatic rings. The number of fused-ring (bicyclic) bond motifs is 7. The van der Waals surface area contributed by atoms with Gasteiger partial charge in [0.25, 0.3) is 0 Å². The molecule has 0 N–H and O–H groups in total. The summed E-state index contributed by atoms with van der Waals surface area (Å²) in [6.45, 7) is 0. The van der Waals surface area contributed by atoms with Gasteiger partial charge in [-0.3, -0.25) is 0 Å². The summed E-state index contributed by atoms with van der Waals surface area (Å²) in [5.41, 5.74) is 8.31. The SMILES string of the molecule is c1ccc2cc3c(cc2c1)c1cc2ccccc2cc1n3-c1ccc(-c2ccc3c(c2)-c2cccc4cccc(c24)O3)cc1. The van der Waals surface area contributed by atoms with Crippen LogP contribution in [0.1, 0.15) is 0 Å². The molecule has 0 saturated heterocycles. The van der Waals surface area contributed by atoms with Gasteiger partial charge in [0.1, 0.15) is 11.5 Å². The molecule has 1 aromatic heterocycles. The van der Waals surface area contributed by atoms with E-state index in [4.69, 9.17) is 4.74 Å². The minimum Gasteiger partial charge on any atom is -0.456 e. The van der Waals surface area contributed by atoms with Gasteiger partial charge in [0.2, 0.25) is 0 Å². The van der Waals surface area contributed by atoms with E-state index in [-0.39, 0.29) is 0 Å². The van der Waals surface area contributed by atoms with Crippen LogP contribution in [0.5, 0.6) is 11.5 Å². The van der Waals surface area contributed by atoms with Crippen molar-refractivity contribution in [3.63, 3.8) is 0 Å². The molecule has 0 aliphatic carbocycles. The average molecular weight is 560 g/mol. The lowest BCUT2D eigenvalue weighted by molar-refractivity contribution is 0.487. The van der Waals surface area contributed by atoms with E-state index in [1.54, 1.807) is 0 Å². The van der Waals surface area contributed by atoms with Crippen LogP contribution >= 0.6 is 0 Å². The molecular weight excluding hydrogens is 534 g/mol. The highest BCUT2D eigenvalue weighted by molar-refractivity contribution is 6.16. The van der Waals surface area contributed by atoms with Crippen LogP contribution in [-0.4, -0.2) is 4.57 Å². The predicted molar refractivity (Wildman–Crippen MR) is 184 cm³/mol. The zero-order valence-corrected chi connectivity index (χ0v) is 23.8. The van der Waals surface area contributed by atoms with Crippen LogP contribution in [-0.2, 0) is 0 Å². The van der Waals surface area contributed by atoms with Gasteiger partial charge in [-0.25, -0.2) is 0 Å². The van der Waals surface area contributed by atoms with Gasteiger partial charge in [-0.1, -0.05) is 97.1 Å². The maximum Gasteiger partial charge on any atom is 0.135 e. The van der Waals surface area contributed by atoms with Gasteiger partial charge >= 0.3 is 0 Å². The van der Waals surface area contributed by atoms with Crippen LogP contribution in [0.15, 0.2) is 152 Å². The molecule has 204 valence electrons. The van der Waals surface area contributed by atoms with Crippen molar-refractivity contribution in [2.24, 2.45) is 0 Å². The highest BCUT2D eigenvalue weighted by atomic mass is 16.5. The fourth-order valence-corrected chi connectivity index (χ4v) is 7.21. The number of benzene rings is 8. The Labute approximate surface area is 254 Å². The van der Waals surface area contributed by atoms with Crippen LogP contribution < -0.4 is 4.74 Å². The molecule has 0 amide bonds. The normalized spacial score (nSPS) is 12.3. The molecule has 0 spiro atoms. The second kappa shape index (κ2) is 8.82. The molecule has 8 aromatic carbocycles. The Morgan fingerprint density at radius 2 is 0.955 bits per heavy atom. The predicted octanol–water partition coefficient (Wildman–Crippen LogP) is 11.7. The van der Waals surface area contributed by atoms with E-state index in [1.165, 1.54) is 70.8 Å². The molecular formula is C42H25NO. The van der Waals surface area contributed by atoms with E-state index in [0.717, 1.165) is 22.7 Å². The first-order valence-electron chi connectivity index (χ1n) is 15.1. The van der Waals surface area contributed by atoms with E-state index in [2.05, 4.69) is 156 Å². The van der Waals surface area contributed by atoms with E-state index in [1.807, 2.05) is 0 Å². The number of aromatic nitrogens is 1. The van der Waals surface area contributed by atoms with Crippen molar-refractivity contribution in [1.29, 1.82) is 0 Å². The first-order valence-corrected chi connectivity index (χ1v) is 15.1. The lowest BCUT2D eigenvalue weighted by Crippen LogP contribution is -1.97. The molecule has 0 atom stereocenters. The molecule has 44 heavy (non-hydrogen) atoms. The third-order valence-electron chi connectivity index (χ3n) is 9.31. The Bertz CT molecular complexity index is 2530. The number of hydrogen-bond acceptors (Lipinski definition) is 1. The van der Waals surface area contributed by atoms with Crippen molar-refractivity contribution in [3.05, 3.63) is 152 Å². The lowest BCUT2D eigenvalue weighted by atomic mass is 9.92. The molecule has 2 nitrogen and oxygen atoms in total. The average Bonchev–Trinajstić information content (AvgIpc) is 3.38. The largest absolute Gasteiger partial charge is 0.456 e. The van der Waals surface area contributed by atoms with Crippen molar-refractivity contribution < 1.29 is 4.74 Å². The fourth-order valence-electron chi connectivity index (χ4n) is 7.21. The Kier molecular flexibility index (Phi) is 4.75. The summed E-state index contributed by atoms with van der Waals surface area (Å²) in [4.78, 5) is 0. The molecule has 9 aromatic rings. The van der Waals surface area contributed by atoms with Crippen molar-refractivity contribution >= 4 is 54.1 Å². The van der Waals surface area contributed by atoms with Crippen molar-refractivity contribution in [2.75, 3.05) is 0 Å². The highest BCUT2D eigenvalue weighted by Crippen LogP contribution is 2.47. The van der Waals surface area contributed by atoms with Gasteiger partial charge in [-0.15, -0.1) is 0 Å². The van der Waals surface area contributed by atoms with E-state index >= 15 is 0 Å². The summed E-state index contributed by atoms with van der Waals surface area (Å²) in [6.07, 6.45) is 0. The number of hydrogen-bond donors (Lipinski definition) is 0. The van der Waals surface area contributed by atoms with E-state index < -0.39 is 0 Å². The minimum atomic E-state index is 0.904. The molecule has 0 bridgehead atoms. The van der Waals surface area contributed by atoms with Gasteiger partial charge in [0, 0.05) is 27.4 Å². The van der Waals surface area contributed by atoms with Gasteiger partial charge in [0.05, 0.1) is 11.0 Å². The van der Waals surface area contributed by atoms with Gasteiger partial charge in [-0.2, -0.15) is 0 Å². The zero-order valence-electron chi connectivity index (χ0n) is 23.8. The molecule has 1 aliphatic heterocycles. The van der Waals surface area contributed by atoms with Crippen LogP contribution in [0, 0.1) is 0 Å². The van der Waals surface area contributed by atoms with Crippen LogP contribution in [0.4, 0.5) is 0 Å². The zero-order chi connectivity index (χ0) is 28.8. The minimum absolute atomic E-state index is 0.904. The first kappa shape index (κ1) is 23.7. The Balaban J connectivity index is 1.15. The summed E-state index contributed by atoms with van der Waals surface area (Å²) in [5, 5.41) is 9.95. The topological polar surface area (TPSA) is 14.2 Å². The summed E-state index contributed by atoms with van der Waals surface area (Å²) in [7, 11) is 0. The number of nitrogens with zero attached hydrogens (tertiary/aromatic N) is 1. The smallest absolute Gasteiger partial charge is 0.135 e. The van der Waals surface area contributed by atoms with E-state index in [9.17, 15) is 0 Å². The summed E-state index contributed by atoms with van der Waals surface area (Å²) in [5.74, 6) is 1.83. The van der Waals surface area contributed by atoms with Gasteiger partial charge in [-0.05, 0) is 98.2 Å². The second-order valence-electron chi connectivity index (χ2n) is 11.8. The lowest BCUT2D eigenvalue weighted by Gasteiger charge is -2.22. The third-order valence-corrected chi connectivity index (χ3v) is 9.31. The Morgan fingerprint density at radius 3 is 1.61 bits per heavy atom. The Morgan fingerprint density at radius 1 is 0.386 bits per heavy atom. The molecule has 0 unspecified atom stereocenters. The van der Waals surface area contributed by atoms with Gasteiger partial charge in [0.15, 0.2) is 0 Å². The number of rotatable bonds is 2. The molecule has 0 saturated carbocycles. The van der Waals surface area contributed by atoms with Crippen LogP contribution in [0.25, 0.3) is 82.1 Å². The van der Waals surface area contributed by atoms with Crippen molar-refractivity contribution in [2.45, 2.75) is 0 Å². The first-order chi connectivity index (χ1) is 21.8. The molecule has 10 rings (SSSR count). The molecule has 2 heterocycles. The molecule has 2 heteroatoms. The highest BCUT2D eigenvalue weighted by Gasteiger charge is 2.20. The maximum absolute atomic E-state index is 6.35.